The minimum absolute atomic E-state index is 0.0341. The fourth-order valence-electron chi connectivity index (χ4n) is 3.05. The number of rotatable bonds is 6. The second-order valence-electron chi connectivity index (χ2n) is 6.52. The Labute approximate surface area is 169 Å². The van der Waals surface area contributed by atoms with Gasteiger partial charge in [-0.1, -0.05) is 18.7 Å². The van der Waals surface area contributed by atoms with E-state index in [4.69, 9.17) is 4.74 Å². The average molecular weight is 424 g/mol. The van der Waals surface area contributed by atoms with Gasteiger partial charge in [0, 0.05) is 4.88 Å². The van der Waals surface area contributed by atoms with Gasteiger partial charge in [-0.3, -0.25) is 9.59 Å². The van der Waals surface area contributed by atoms with Crippen LogP contribution in [0.25, 0.3) is 0 Å². The van der Waals surface area contributed by atoms with Crippen molar-refractivity contribution in [2.45, 2.75) is 38.3 Å². The van der Waals surface area contributed by atoms with Crippen LogP contribution in [0.1, 0.15) is 41.1 Å². The Morgan fingerprint density at radius 1 is 1.50 bits per heavy atom. The molecule has 150 valence electrons. The van der Waals surface area contributed by atoms with Crippen molar-refractivity contribution in [3.8, 4) is 5.88 Å². The Hall–Kier alpha value is -2.33. The van der Waals surface area contributed by atoms with Gasteiger partial charge in [0.1, 0.15) is 5.00 Å². The number of aromatic nitrogens is 2. The zero-order chi connectivity index (χ0) is 20.3. The van der Waals surface area contributed by atoms with Gasteiger partial charge in [0.2, 0.25) is 11.8 Å². The lowest BCUT2D eigenvalue weighted by Crippen LogP contribution is -2.18. The molecule has 3 rings (SSSR count). The fourth-order valence-corrected chi connectivity index (χ4v) is 5.13. The number of carbonyl (C=O) groups excluding carboxylic acids is 2. The van der Waals surface area contributed by atoms with E-state index in [0.29, 0.717) is 16.5 Å². The number of thiophene rings is 1. The highest BCUT2D eigenvalue weighted by Gasteiger charge is 2.29. The Kier molecular flexibility index (Phi) is 6.40. The molecule has 3 N–H and O–H groups in total. The summed E-state index contributed by atoms with van der Waals surface area (Å²) in [5.74, 6) is -0.664. The lowest BCUT2D eigenvalue weighted by molar-refractivity contribution is -0.113. The van der Waals surface area contributed by atoms with Crippen molar-refractivity contribution in [1.82, 2.24) is 9.97 Å². The summed E-state index contributed by atoms with van der Waals surface area (Å²) in [4.78, 5) is 43.5. The number of carbonyl (C=O) groups is 2. The highest BCUT2D eigenvalue weighted by atomic mass is 32.2. The van der Waals surface area contributed by atoms with Crippen LogP contribution in [0.4, 0.5) is 5.00 Å². The molecule has 2 heterocycles. The van der Waals surface area contributed by atoms with Crippen LogP contribution in [0.15, 0.2) is 16.0 Å². The Bertz CT molecular complexity index is 953. The number of fused-ring (bicyclic) bond motifs is 1. The molecular weight excluding hydrogens is 402 g/mol. The molecule has 0 saturated carbocycles. The predicted molar refractivity (Wildman–Crippen MR) is 107 cm³/mol. The van der Waals surface area contributed by atoms with Gasteiger partial charge >= 0.3 is 5.97 Å². The summed E-state index contributed by atoms with van der Waals surface area (Å²) < 4.78 is 5.19. The van der Waals surface area contributed by atoms with Crippen molar-refractivity contribution in [2.24, 2.45) is 5.92 Å². The van der Waals surface area contributed by atoms with Crippen molar-refractivity contribution in [3.05, 3.63) is 32.4 Å². The first-order valence-corrected chi connectivity index (χ1v) is 10.7. The topological polar surface area (TPSA) is 121 Å². The normalized spacial score (nSPS) is 15.7. The molecular formula is C18H21N3O5S2. The summed E-state index contributed by atoms with van der Waals surface area (Å²) >= 11 is 2.40. The lowest BCUT2D eigenvalue weighted by atomic mass is 9.88. The minimum atomic E-state index is -0.500. The number of hydrogen-bond donors (Lipinski definition) is 3. The van der Waals surface area contributed by atoms with E-state index >= 15 is 0 Å². The lowest BCUT2D eigenvalue weighted by Gasteiger charge is -2.18. The van der Waals surface area contributed by atoms with Crippen molar-refractivity contribution in [3.63, 3.8) is 0 Å². The molecule has 1 amide bonds. The smallest absolute Gasteiger partial charge is 0.341 e. The Morgan fingerprint density at radius 3 is 3.00 bits per heavy atom. The molecule has 0 aromatic carbocycles. The fraction of sp³-hybridized carbons (Fsp3) is 0.444. The third-order valence-electron chi connectivity index (χ3n) is 4.29. The molecule has 2 aromatic heterocycles. The molecule has 28 heavy (non-hydrogen) atoms. The summed E-state index contributed by atoms with van der Waals surface area (Å²) in [6.07, 6.45) is 2.67. The number of nitrogens with zero attached hydrogens (tertiary/aromatic N) is 1. The number of esters is 1. The Morgan fingerprint density at radius 2 is 2.29 bits per heavy atom. The van der Waals surface area contributed by atoms with Crippen LogP contribution in [0, 0.1) is 5.92 Å². The molecule has 0 bridgehead atoms. The zero-order valence-corrected chi connectivity index (χ0v) is 17.2. The number of anilines is 1. The molecule has 0 saturated heterocycles. The number of aromatic amines is 1. The van der Waals surface area contributed by atoms with Crippen LogP contribution in [0.5, 0.6) is 5.88 Å². The van der Waals surface area contributed by atoms with Gasteiger partial charge < -0.3 is 20.1 Å². The van der Waals surface area contributed by atoms with Crippen LogP contribution < -0.4 is 10.9 Å². The maximum atomic E-state index is 12.5. The van der Waals surface area contributed by atoms with Gasteiger partial charge in [0.15, 0.2) is 5.16 Å². The standard InChI is InChI=1S/C18H21N3O5S2/c1-3-26-17(25)15-10-5-4-9(2)6-11(10)28-16(15)19-14(24)8-27-18-20-12(22)7-13(23)21-18/h7,9H,3-6,8H2,1-2H3,(H,19,24)(H2,20,21,22,23). The number of thioether (sulfide) groups is 1. The summed E-state index contributed by atoms with van der Waals surface area (Å²) in [5, 5.41) is 12.8. The van der Waals surface area contributed by atoms with Crippen LogP contribution in [0.3, 0.4) is 0 Å². The van der Waals surface area contributed by atoms with Crippen LogP contribution in [-0.4, -0.2) is 39.3 Å². The third kappa shape index (κ3) is 4.74. The summed E-state index contributed by atoms with van der Waals surface area (Å²) in [6.45, 7) is 4.18. The van der Waals surface area contributed by atoms with E-state index in [0.717, 1.165) is 47.5 Å². The van der Waals surface area contributed by atoms with Gasteiger partial charge in [-0.2, -0.15) is 4.98 Å². The maximum absolute atomic E-state index is 12.5. The zero-order valence-electron chi connectivity index (χ0n) is 15.5. The number of aromatic hydroxyl groups is 1. The molecule has 0 aliphatic heterocycles. The largest absolute Gasteiger partial charge is 0.493 e. The first-order chi connectivity index (χ1) is 13.4. The summed E-state index contributed by atoms with van der Waals surface area (Å²) in [7, 11) is 0. The molecule has 1 aliphatic rings. The molecule has 2 aromatic rings. The molecule has 8 nitrogen and oxygen atoms in total. The number of hydrogen-bond acceptors (Lipinski definition) is 8. The van der Waals surface area contributed by atoms with Gasteiger partial charge in [0.25, 0.3) is 5.56 Å². The van der Waals surface area contributed by atoms with E-state index in [-0.39, 0.29) is 23.4 Å². The first-order valence-electron chi connectivity index (χ1n) is 8.92. The Balaban J connectivity index is 1.76. The predicted octanol–water partition coefficient (Wildman–Crippen LogP) is 2.57. The molecule has 1 unspecified atom stereocenters. The minimum Gasteiger partial charge on any atom is -0.493 e. The van der Waals surface area contributed by atoms with E-state index in [1.165, 1.54) is 11.3 Å². The molecule has 0 radical (unpaired) electrons. The van der Waals surface area contributed by atoms with E-state index in [9.17, 15) is 19.5 Å². The first kappa shape index (κ1) is 20.4. The van der Waals surface area contributed by atoms with E-state index in [2.05, 4.69) is 22.2 Å². The number of ether oxygens (including phenoxy) is 1. The summed E-state index contributed by atoms with van der Waals surface area (Å²) in [6, 6.07) is 0.951. The highest BCUT2D eigenvalue weighted by Crippen LogP contribution is 2.40. The van der Waals surface area contributed by atoms with Gasteiger partial charge in [-0.05, 0) is 37.7 Å². The third-order valence-corrected chi connectivity index (χ3v) is 6.33. The van der Waals surface area contributed by atoms with Crippen molar-refractivity contribution >= 4 is 40.0 Å². The monoisotopic (exact) mass is 423 g/mol. The van der Waals surface area contributed by atoms with Crippen molar-refractivity contribution in [2.75, 3.05) is 17.7 Å². The number of nitrogens with one attached hydrogen (secondary N) is 2. The quantitative estimate of drug-likeness (QED) is 0.371. The second-order valence-corrected chi connectivity index (χ2v) is 8.59. The molecule has 1 atom stereocenters. The maximum Gasteiger partial charge on any atom is 0.341 e. The highest BCUT2D eigenvalue weighted by molar-refractivity contribution is 7.99. The van der Waals surface area contributed by atoms with Gasteiger partial charge in [0.05, 0.1) is 24.0 Å². The SMILES string of the molecule is CCOC(=O)c1c(NC(=O)CSc2nc(O)cc(=O)[nH]2)sc2c1CCC(C)C2. The van der Waals surface area contributed by atoms with E-state index < -0.39 is 17.4 Å². The van der Waals surface area contributed by atoms with Gasteiger partial charge in [-0.25, -0.2) is 4.79 Å². The number of amides is 1. The van der Waals surface area contributed by atoms with Crippen molar-refractivity contribution < 1.29 is 19.4 Å². The van der Waals surface area contributed by atoms with Crippen LogP contribution in [-0.2, 0) is 22.4 Å². The van der Waals surface area contributed by atoms with E-state index in [1.807, 2.05) is 0 Å². The van der Waals surface area contributed by atoms with E-state index in [1.54, 1.807) is 6.92 Å². The molecule has 0 fully saturated rings. The number of H-pyrrole nitrogens is 1. The average Bonchev–Trinajstić information content (AvgIpc) is 2.96. The van der Waals surface area contributed by atoms with Crippen LogP contribution in [0.2, 0.25) is 0 Å². The second kappa shape index (κ2) is 8.78. The molecule has 0 spiro atoms. The van der Waals surface area contributed by atoms with Gasteiger partial charge in [-0.15, -0.1) is 11.3 Å². The molecule has 10 heteroatoms. The summed E-state index contributed by atoms with van der Waals surface area (Å²) in [5.41, 5.74) is 0.930. The molecule has 1 aliphatic carbocycles. The van der Waals surface area contributed by atoms with Crippen molar-refractivity contribution in [1.29, 1.82) is 0 Å². The van der Waals surface area contributed by atoms with Crippen LogP contribution >= 0.6 is 23.1 Å².